The van der Waals surface area contributed by atoms with E-state index in [1.165, 1.54) is 4.90 Å². The molecular weight excluding hydrogens is 434 g/mol. The van der Waals surface area contributed by atoms with Crippen LogP contribution in [0.1, 0.15) is 37.5 Å². The van der Waals surface area contributed by atoms with E-state index in [1.807, 2.05) is 13.0 Å². The van der Waals surface area contributed by atoms with Crippen molar-refractivity contribution in [2.75, 3.05) is 24.0 Å². The Balaban J connectivity index is 1.76. The number of hydrogen-bond acceptors (Lipinski definition) is 5. The number of carbonyl (C=O) groups excluding carboxylic acids is 2. The van der Waals surface area contributed by atoms with E-state index in [9.17, 15) is 9.59 Å². The molecule has 170 valence electrons. The third-order valence-electron chi connectivity index (χ3n) is 6.34. The van der Waals surface area contributed by atoms with Crippen LogP contribution >= 0.6 is 12.2 Å². The second-order valence-electron chi connectivity index (χ2n) is 8.92. The first-order chi connectivity index (χ1) is 15.5. The quantitative estimate of drug-likeness (QED) is 0.415. The van der Waals surface area contributed by atoms with Gasteiger partial charge in [-0.1, -0.05) is 6.08 Å². The normalized spacial score (nSPS) is 18.8. The summed E-state index contributed by atoms with van der Waals surface area (Å²) in [5, 5.41) is 2.70. The summed E-state index contributed by atoms with van der Waals surface area (Å²) >= 11 is 5.30. The van der Waals surface area contributed by atoms with Crippen LogP contribution in [0.4, 0.5) is 11.4 Å². The molecule has 0 radical (unpaired) electrons. The number of nitrogens with zero attached hydrogens (tertiary/aromatic N) is 2. The second-order valence-corrected chi connectivity index (χ2v) is 9.31. The predicted molar refractivity (Wildman–Crippen MR) is 137 cm³/mol. The molecule has 0 aromatic heterocycles. The Morgan fingerprint density at radius 2 is 1.76 bits per heavy atom. The summed E-state index contributed by atoms with van der Waals surface area (Å²) in [4.78, 5) is 29.7. The monoisotopic (exact) mass is 461 g/mol. The number of amides is 2. The van der Waals surface area contributed by atoms with Gasteiger partial charge in [-0.3, -0.25) is 19.8 Å². The van der Waals surface area contributed by atoms with Gasteiger partial charge in [-0.25, -0.2) is 0 Å². The van der Waals surface area contributed by atoms with Crippen LogP contribution in [0.15, 0.2) is 48.0 Å². The van der Waals surface area contributed by atoms with Crippen molar-refractivity contribution in [3.8, 4) is 5.75 Å². The molecule has 2 amide bonds. The topological polar surface area (TPSA) is 61.9 Å². The number of benzene rings is 2. The van der Waals surface area contributed by atoms with Crippen LogP contribution in [0, 0.1) is 6.92 Å². The largest absolute Gasteiger partial charge is 0.497 e. The van der Waals surface area contributed by atoms with E-state index in [1.54, 1.807) is 37.5 Å². The lowest BCUT2D eigenvalue weighted by Crippen LogP contribution is -2.54. The lowest BCUT2D eigenvalue weighted by molar-refractivity contribution is -0.122. The van der Waals surface area contributed by atoms with E-state index in [0.29, 0.717) is 11.4 Å². The maximum absolute atomic E-state index is 13.4. The molecule has 1 fully saturated rings. The van der Waals surface area contributed by atoms with Gasteiger partial charge < -0.3 is 9.64 Å². The number of rotatable bonds is 3. The van der Waals surface area contributed by atoms with Gasteiger partial charge in [0.05, 0.1) is 18.3 Å². The Kier molecular flexibility index (Phi) is 5.62. The third kappa shape index (κ3) is 3.93. The maximum atomic E-state index is 13.4. The highest BCUT2D eigenvalue weighted by Crippen LogP contribution is 2.39. The highest BCUT2D eigenvalue weighted by Gasteiger charge is 2.35. The Bertz CT molecular complexity index is 1240. The Morgan fingerprint density at radius 3 is 2.39 bits per heavy atom. The fourth-order valence-electron chi connectivity index (χ4n) is 4.25. The van der Waals surface area contributed by atoms with Crippen LogP contribution in [-0.4, -0.2) is 36.6 Å². The molecule has 0 spiro atoms. The first-order valence-corrected chi connectivity index (χ1v) is 11.1. The van der Waals surface area contributed by atoms with Crippen molar-refractivity contribution < 1.29 is 14.3 Å². The Morgan fingerprint density at radius 1 is 1.09 bits per heavy atom. The predicted octanol–water partition coefficient (Wildman–Crippen LogP) is 4.47. The highest BCUT2D eigenvalue weighted by molar-refractivity contribution is 7.80. The van der Waals surface area contributed by atoms with Crippen molar-refractivity contribution >= 4 is 52.2 Å². The van der Waals surface area contributed by atoms with Crippen molar-refractivity contribution in [3.05, 3.63) is 64.7 Å². The summed E-state index contributed by atoms with van der Waals surface area (Å²) in [6.45, 7) is 8.42. The van der Waals surface area contributed by atoms with Crippen LogP contribution in [0.5, 0.6) is 5.75 Å². The molecule has 1 N–H and O–H groups in total. The molecule has 2 aliphatic heterocycles. The number of fused-ring (bicyclic) bond motifs is 1. The van der Waals surface area contributed by atoms with Crippen LogP contribution in [-0.2, 0) is 9.59 Å². The van der Waals surface area contributed by atoms with Crippen LogP contribution in [0.25, 0.3) is 11.6 Å². The smallest absolute Gasteiger partial charge is 0.270 e. The molecule has 0 saturated carbocycles. The number of methoxy groups -OCH3 is 1. The van der Waals surface area contributed by atoms with Gasteiger partial charge in [0.1, 0.15) is 11.3 Å². The average molecular weight is 462 g/mol. The second kappa shape index (κ2) is 8.15. The fraction of sp³-hybridized carbons (Fsp3) is 0.269. The number of nitrogens with one attached hydrogen (secondary N) is 1. The molecule has 2 aromatic carbocycles. The molecule has 0 unspecified atom stereocenters. The lowest BCUT2D eigenvalue weighted by Gasteiger charge is -2.41. The maximum Gasteiger partial charge on any atom is 0.270 e. The van der Waals surface area contributed by atoms with Crippen LogP contribution in [0.2, 0.25) is 0 Å². The minimum atomic E-state index is -0.502. The zero-order chi connectivity index (χ0) is 24.1. The molecule has 2 aromatic rings. The first kappa shape index (κ1) is 22.7. The Labute approximate surface area is 199 Å². The van der Waals surface area contributed by atoms with Gasteiger partial charge in [0.25, 0.3) is 11.8 Å². The summed E-state index contributed by atoms with van der Waals surface area (Å²) in [6.07, 6.45) is 3.88. The van der Waals surface area contributed by atoms with Crippen molar-refractivity contribution in [3.63, 3.8) is 0 Å². The number of likely N-dealkylation sites (N-methyl/N-ethyl adjacent to an activating group) is 1. The summed E-state index contributed by atoms with van der Waals surface area (Å²) in [5.74, 6) is -0.302. The molecule has 7 heteroatoms. The zero-order valence-electron chi connectivity index (χ0n) is 19.6. The average Bonchev–Trinajstić information content (AvgIpc) is 2.75. The number of aryl methyl sites for hydroxylation is 1. The summed E-state index contributed by atoms with van der Waals surface area (Å²) in [7, 11) is 3.65. The molecule has 0 aliphatic carbocycles. The van der Waals surface area contributed by atoms with E-state index in [2.05, 4.69) is 50.2 Å². The van der Waals surface area contributed by atoms with Gasteiger partial charge in [0.15, 0.2) is 5.11 Å². The summed E-state index contributed by atoms with van der Waals surface area (Å²) in [6, 6.07) is 11.1. The molecular formula is C26H27N3O3S. The minimum absolute atomic E-state index is 0.0357. The Hall–Kier alpha value is -3.45. The zero-order valence-corrected chi connectivity index (χ0v) is 20.5. The van der Waals surface area contributed by atoms with Gasteiger partial charge in [0, 0.05) is 18.3 Å². The number of thiocarbonyl (C=S) groups is 1. The molecule has 33 heavy (non-hydrogen) atoms. The number of allylic oxidation sites excluding steroid dienone is 1. The minimum Gasteiger partial charge on any atom is -0.497 e. The third-order valence-corrected chi connectivity index (χ3v) is 6.62. The van der Waals surface area contributed by atoms with Gasteiger partial charge in [-0.15, -0.1) is 0 Å². The number of hydrogen-bond donors (Lipinski definition) is 1. The SMILES string of the molecule is COc1ccc(N2C(=O)/C(=C/c3cc4c(cc3C)N(C)C(C)(C)C=C4C)C(=O)NC2=S)cc1. The fourth-order valence-corrected chi connectivity index (χ4v) is 4.53. The van der Waals surface area contributed by atoms with Crippen LogP contribution in [0.3, 0.4) is 0 Å². The van der Waals surface area contributed by atoms with Crippen molar-refractivity contribution in [2.24, 2.45) is 0 Å². The van der Waals surface area contributed by atoms with Crippen molar-refractivity contribution in [2.45, 2.75) is 33.2 Å². The molecule has 0 bridgehead atoms. The van der Waals surface area contributed by atoms with Crippen molar-refractivity contribution in [1.29, 1.82) is 0 Å². The highest BCUT2D eigenvalue weighted by atomic mass is 32.1. The van der Waals surface area contributed by atoms with Gasteiger partial charge in [0.2, 0.25) is 0 Å². The van der Waals surface area contributed by atoms with Gasteiger partial charge in [-0.2, -0.15) is 0 Å². The van der Waals surface area contributed by atoms with E-state index in [0.717, 1.165) is 28.0 Å². The van der Waals surface area contributed by atoms with E-state index < -0.39 is 11.8 Å². The number of ether oxygens (including phenoxy) is 1. The molecule has 1 saturated heterocycles. The summed E-state index contributed by atoms with van der Waals surface area (Å²) in [5.41, 5.74) is 5.65. The molecule has 2 heterocycles. The van der Waals surface area contributed by atoms with Crippen molar-refractivity contribution in [1.82, 2.24) is 5.32 Å². The number of carbonyl (C=O) groups is 2. The van der Waals surface area contributed by atoms with Crippen LogP contribution < -0.4 is 19.9 Å². The van der Waals surface area contributed by atoms with E-state index in [4.69, 9.17) is 17.0 Å². The van der Waals surface area contributed by atoms with E-state index >= 15 is 0 Å². The van der Waals surface area contributed by atoms with Gasteiger partial charge in [-0.05, 0) is 99.1 Å². The van der Waals surface area contributed by atoms with Gasteiger partial charge >= 0.3 is 0 Å². The number of anilines is 2. The molecule has 2 aliphatic rings. The van der Waals surface area contributed by atoms with E-state index in [-0.39, 0.29) is 16.2 Å². The molecule has 4 rings (SSSR count). The first-order valence-electron chi connectivity index (χ1n) is 10.7. The summed E-state index contributed by atoms with van der Waals surface area (Å²) < 4.78 is 5.19. The molecule has 6 nitrogen and oxygen atoms in total. The lowest BCUT2D eigenvalue weighted by atomic mass is 9.87. The molecule has 0 atom stereocenters. The standard InChI is InChI=1S/C26H27N3O3S/c1-15-11-22-20(16(2)14-26(3,4)28(22)5)12-17(15)13-21-23(30)27-25(33)29(24(21)31)18-7-9-19(32-6)10-8-18/h7-14H,1-6H3,(H,27,30,33)/b21-13+.